The van der Waals surface area contributed by atoms with Crippen molar-refractivity contribution in [3.63, 3.8) is 0 Å². The molecule has 1 heterocycles. The van der Waals surface area contributed by atoms with Gasteiger partial charge in [-0.2, -0.15) is 0 Å². The van der Waals surface area contributed by atoms with Crippen molar-refractivity contribution in [2.24, 2.45) is 11.5 Å². The van der Waals surface area contributed by atoms with Crippen LogP contribution in [-0.4, -0.2) is 40.5 Å². The zero-order valence-corrected chi connectivity index (χ0v) is 10.5. The monoisotopic (exact) mass is 263 g/mol. The number of nitrogens with two attached hydrogens (primary N) is 2. The van der Waals surface area contributed by atoms with Crippen molar-refractivity contribution >= 4 is 11.8 Å². The Bertz CT molecular complexity index is 486. The van der Waals surface area contributed by atoms with E-state index in [9.17, 15) is 14.7 Å². The van der Waals surface area contributed by atoms with Crippen LogP contribution in [0.5, 0.6) is 0 Å². The zero-order chi connectivity index (χ0) is 14.0. The second-order valence-corrected chi connectivity index (χ2v) is 4.67. The number of β-amino-alcohol motifs (C(OH)–C–C–N with tert-alkyl or cyclic N) is 1. The number of carbonyl (C=O) groups excluding carboxylic acids is 2. The molecule has 0 saturated carbocycles. The maximum Gasteiger partial charge on any atom is 0.254 e. The minimum Gasteiger partial charge on any atom is -0.391 e. The largest absolute Gasteiger partial charge is 0.391 e. The van der Waals surface area contributed by atoms with E-state index in [1.54, 1.807) is 24.3 Å². The van der Waals surface area contributed by atoms with Crippen molar-refractivity contribution < 1.29 is 14.7 Å². The lowest BCUT2D eigenvalue weighted by molar-refractivity contribution is -0.121. The van der Waals surface area contributed by atoms with E-state index in [0.29, 0.717) is 12.1 Å². The third kappa shape index (κ3) is 2.74. The molecule has 5 N–H and O–H groups in total. The Balaban J connectivity index is 2.20. The summed E-state index contributed by atoms with van der Waals surface area (Å²) < 4.78 is 0. The lowest BCUT2D eigenvalue weighted by Crippen LogP contribution is -2.43. The Morgan fingerprint density at radius 3 is 2.47 bits per heavy atom. The summed E-state index contributed by atoms with van der Waals surface area (Å²) in [7, 11) is 0. The van der Waals surface area contributed by atoms with Gasteiger partial charge in [0.1, 0.15) is 6.04 Å². The SMILES string of the molecule is NCc1ccc(C(=O)N2CC(O)CC2C(N)=O)cc1. The predicted molar refractivity (Wildman–Crippen MR) is 69.0 cm³/mol. The molecule has 6 nitrogen and oxygen atoms in total. The molecule has 1 aliphatic rings. The van der Waals surface area contributed by atoms with E-state index in [4.69, 9.17) is 11.5 Å². The molecule has 0 aliphatic carbocycles. The van der Waals surface area contributed by atoms with Crippen LogP contribution in [0, 0.1) is 0 Å². The van der Waals surface area contributed by atoms with Gasteiger partial charge in [-0.15, -0.1) is 0 Å². The van der Waals surface area contributed by atoms with Crippen LogP contribution in [0.3, 0.4) is 0 Å². The summed E-state index contributed by atoms with van der Waals surface area (Å²) in [5.41, 5.74) is 12.1. The van der Waals surface area contributed by atoms with E-state index in [1.807, 2.05) is 0 Å². The molecule has 102 valence electrons. The van der Waals surface area contributed by atoms with Crippen molar-refractivity contribution in [3.05, 3.63) is 35.4 Å². The summed E-state index contributed by atoms with van der Waals surface area (Å²) >= 11 is 0. The van der Waals surface area contributed by atoms with Crippen LogP contribution in [0.15, 0.2) is 24.3 Å². The molecule has 0 radical (unpaired) electrons. The summed E-state index contributed by atoms with van der Waals surface area (Å²) in [6, 6.07) is 6.11. The summed E-state index contributed by atoms with van der Waals surface area (Å²) in [5, 5.41) is 9.58. The van der Waals surface area contributed by atoms with E-state index in [1.165, 1.54) is 4.90 Å². The number of hydrogen-bond donors (Lipinski definition) is 3. The zero-order valence-electron chi connectivity index (χ0n) is 10.5. The fraction of sp³-hybridized carbons (Fsp3) is 0.385. The van der Waals surface area contributed by atoms with Crippen molar-refractivity contribution in [1.29, 1.82) is 0 Å². The average molecular weight is 263 g/mol. The predicted octanol–water partition coefficient (Wildman–Crippen LogP) is -0.794. The number of amides is 2. The fourth-order valence-electron chi connectivity index (χ4n) is 2.26. The van der Waals surface area contributed by atoms with Gasteiger partial charge < -0.3 is 21.5 Å². The smallest absolute Gasteiger partial charge is 0.254 e. The maximum absolute atomic E-state index is 12.3. The van der Waals surface area contributed by atoms with Crippen LogP contribution in [0.1, 0.15) is 22.3 Å². The molecule has 1 fully saturated rings. The van der Waals surface area contributed by atoms with Gasteiger partial charge in [0.05, 0.1) is 6.10 Å². The summed E-state index contributed by atoms with van der Waals surface area (Å²) in [4.78, 5) is 24.9. The highest BCUT2D eigenvalue weighted by Gasteiger charge is 2.37. The Labute approximate surface area is 111 Å². The van der Waals surface area contributed by atoms with Crippen molar-refractivity contribution in [3.8, 4) is 0 Å². The molecule has 2 amide bonds. The van der Waals surface area contributed by atoms with Gasteiger partial charge in [0, 0.05) is 25.1 Å². The summed E-state index contributed by atoms with van der Waals surface area (Å²) in [6.45, 7) is 0.534. The van der Waals surface area contributed by atoms with Crippen LogP contribution in [-0.2, 0) is 11.3 Å². The molecule has 1 aliphatic heterocycles. The molecule has 0 spiro atoms. The lowest BCUT2D eigenvalue weighted by Gasteiger charge is -2.21. The molecule has 1 aromatic carbocycles. The minimum atomic E-state index is -0.739. The molecule has 6 heteroatoms. The van der Waals surface area contributed by atoms with E-state index in [0.717, 1.165) is 5.56 Å². The van der Waals surface area contributed by atoms with Gasteiger partial charge in [-0.1, -0.05) is 12.1 Å². The Kier molecular flexibility index (Phi) is 3.82. The van der Waals surface area contributed by atoms with Gasteiger partial charge in [0.2, 0.25) is 5.91 Å². The van der Waals surface area contributed by atoms with Gasteiger partial charge >= 0.3 is 0 Å². The first kappa shape index (κ1) is 13.5. The van der Waals surface area contributed by atoms with Crippen LogP contribution in [0.4, 0.5) is 0 Å². The van der Waals surface area contributed by atoms with Crippen LogP contribution in [0.2, 0.25) is 0 Å². The number of rotatable bonds is 3. The molecule has 19 heavy (non-hydrogen) atoms. The van der Waals surface area contributed by atoms with Crippen molar-refractivity contribution in [1.82, 2.24) is 4.90 Å². The Hall–Kier alpha value is -1.92. The molecule has 2 atom stereocenters. The lowest BCUT2D eigenvalue weighted by atomic mass is 10.1. The van der Waals surface area contributed by atoms with Crippen molar-refractivity contribution in [2.75, 3.05) is 6.54 Å². The summed E-state index contributed by atoms with van der Waals surface area (Å²) in [5.74, 6) is -0.896. The number of benzene rings is 1. The van der Waals surface area contributed by atoms with Crippen LogP contribution < -0.4 is 11.5 Å². The Morgan fingerprint density at radius 1 is 1.32 bits per heavy atom. The van der Waals surface area contributed by atoms with E-state index >= 15 is 0 Å². The highest BCUT2D eigenvalue weighted by Crippen LogP contribution is 2.20. The third-order valence-electron chi connectivity index (χ3n) is 3.30. The Morgan fingerprint density at radius 2 is 1.95 bits per heavy atom. The molecule has 0 aromatic heterocycles. The fourth-order valence-corrected chi connectivity index (χ4v) is 2.26. The second kappa shape index (κ2) is 5.38. The van der Waals surface area contributed by atoms with E-state index in [2.05, 4.69) is 0 Å². The number of likely N-dealkylation sites (tertiary alicyclic amines) is 1. The van der Waals surface area contributed by atoms with Gasteiger partial charge in [0.25, 0.3) is 5.91 Å². The normalized spacial score (nSPS) is 22.5. The van der Waals surface area contributed by atoms with Gasteiger partial charge in [-0.3, -0.25) is 9.59 Å². The van der Waals surface area contributed by atoms with Crippen molar-refractivity contribution in [2.45, 2.75) is 25.1 Å². The van der Waals surface area contributed by atoms with Crippen LogP contribution >= 0.6 is 0 Å². The van der Waals surface area contributed by atoms with E-state index < -0.39 is 18.1 Å². The molecule has 2 rings (SSSR count). The molecule has 1 saturated heterocycles. The number of hydrogen-bond acceptors (Lipinski definition) is 4. The minimum absolute atomic E-state index is 0.130. The highest BCUT2D eigenvalue weighted by atomic mass is 16.3. The molecule has 2 unspecified atom stereocenters. The first-order valence-corrected chi connectivity index (χ1v) is 6.10. The highest BCUT2D eigenvalue weighted by molar-refractivity contribution is 5.97. The van der Waals surface area contributed by atoms with E-state index in [-0.39, 0.29) is 18.9 Å². The standard InChI is InChI=1S/C13H17N3O3/c14-6-8-1-3-9(4-2-8)13(19)16-7-10(17)5-11(16)12(15)18/h1-4,10-11,17H,5-7,14H2,(H2,15,18). The van der Waals surface area contributed by atoms with Gasteiger partial charge in [-0.25, -0.2) is 0 Å². The second-order valence-electron chi connectivity index (χ2n) is 4.67. The number of aliphatic hydroxyl groups is 1. The quantitative estimate of drug-likeness (QED) is 0.663. The van der Waals surface area contributed by atoms with Gasteiger partial charge in [0.15, 0.2) is 0 Å². The number of carbonyl (C=O) groups is 2. The molecular weight excluding hydrogens is 246 g/mol. The number of primary amides is 1. The van der Waals surface area contributed by atoms with Crippen LogP contribution in [0.25, 0.3) is 0 Å². The maximum atomic E-state index is 12.3. The van der Waals surface area contributed by atoms with Gasteiger partial charge in [-0.05, 0) is 17.7 Å². The first-order valence-electron chi connectivity index (χ1n) is 6.10. The third-order valence-corrected chi connectivity index (χ3v) is 3.30. The molecular formula is C13H17N3O3. The average Bonchev–Trinajstić information content (AvgIpc) is 2.80. The molecule has 0 bridgehead atoms. The topological polar surface area (TPSA) is 110 Å². The summed E-state index contributed by atoms with van der Waals surface area (Å²) in [6.07, 6.45) is -0.508. The number of nitrogens with zero attached hydrogens (tertiary/aromatic N) is 1. The molecule has 1 aromatic rings. The first-order chi connectivity index (χ1) is 9.02. The number of aliphatic hydroxyl groups excluding tert-OH is 1.